The second-order valence-corrected chi connectivity index (χ2v) is 12.0. The molecule has 0 amide bonds. The zero-order chi connectivity index (χ0) is 20.3. The first kappa shape index (κ1) is 23.9. The van der Waals surface area contributed by atoms with Crippen LogP contribution in [0, 0.1) is 0 Å². The van der Waals surface area contributed by atoms with E-state index < -0.39 is 0 Å². The fourth-order valence-corrected chi connectivity index (χ4v) is 4.10. The number of hydrogen-bond donors (Lipinski definition) is 0. The maximum absolute atomic E-state index is 2.44. The van der Waals surface area contributed by atoms with Gasteiger partial charge in [-0.15, -0.1) is 0 Å². The minimum Gasteiger partial charge on any atom is -0.327 e. The number of nitrogens with zero attached hydrogens (tertiary/aromatic N) is 3. The van der Waals surface area contributed by atoms with Gasteiger partial charge in [-0.3, -0.25) is 0 Å². The van der Waals surface area contributed by atoms with E-state index in [1.807, 2.05) is 0 Å². The van der Waals surface area contributed by atoms with Crippen molar-refractivity contribution in [3.8, 4) is 0 Å². The van der Waals surface area contributed by atoms with E-state index in [0.29, 0.717) is 11.1 Å². The van der Waals surface area contributed by atoms with E-state index in [2.05, 4.69) is 69.6 Å². The second-order valence-electron chi connectivity index (χ2n) is 12.0. The van der Waals surface area contributed by atoms with Crippen molar-refractivity contribution < 1.29 is 13.4 Å². The summed E-state index contributed by atoms with van der Waals surface area (Å²) in [5.41, 5.74) is 0.832. The molecule has 3 aliphatic rings. The third kappa shape index (κ3) is 5.94. The monoisotopic (exact) mass is 370 g/mol. The summed E-state index contributed by atoms with van der Waals surface area (Å²) >= 11 is 0. The molecule has 0 aliphatic carbocycles. The van der Waals surface area contributed by atoms with Gasteiger partial charge in [0, 0.05) is 0 Å². The summed E-state index contributed by atoms with van der Waals surface area (Å²) in [6.07, 6.45) is 5.71. The van der Waals surface area contributed by atoms with Crippen LogP contribution in [0.1, 0.15) is 74.1 Å². The fourth-order valence-electron chi connectivity index (χ4n) is 4.10. The molecule has 26 heavy (non-hydrogen) atoms. The predicted octanol–water partition coefficient (Wildman–Crippen LogP) is 4.52. The quantitative estimate of drug-likeness (QED) is 0.493. The lowest BCUT2D eigenvalue weighted by atomic mass is 9.94. The third-order valence-corrected chi connectivity index (χ3v) is 7.93. The van der Waals surface area contributed by atoms with Crippen LogP contribution in [0.3, 0.4) is 0 Å². The van der Waals surface area contributed by atoms with Crippen molar-refractivity contribution in [3.05, 3.63) is 0 Å². The molecule has 3 aliphatic heterocycles. The lowest BCUT2D eigenvalue weighted by molar-refractivity contribution is -1.10. The molecule has 0 aromatic rings. The lowest BCUT2D eigenvalue weighted by Gasteiger charge is -2.60. The highest BCUT2D eigenvalue weighted by Crippen LogP contribution is 2.34. The average Bonchev–Trinajstić information content (AvgIpc) is 2.51. The van der Waals surface area contributed by atoms with Crippen molar-refractivity contribution in [1.29, 1.82) is 0 Å². The molecule has 3 nitrogen and oxygen atoms in total. The lowest BCUT2D eigenvalue weighted by Crippen LogP contribution is -2.79. The Labute approximate surface area is 166 Å². The van der Waals surface area contributed by atoms with Crippen molar-refractivity contribution in [3.63, 3.8) is 0 Å². The highest BCUT2D eigenvalue weighted by Gasteiger charge is 2.53. The highest BCUT2D eigenvalue weighted by atomic mass is 15.5. The molecular formula is C23H52N3+3. The molecule has 3 rings (SSSR count). The minimum atomic E-state index is 0.375. The number of rotatable bonds is 5. The molecule has 156 valence electrons. The Morgan fingerprint density at radius 2 is 1.12 bits per heavy atom. The smallest absolute Gasteiger partial charge is 0.129 e. The standard InChI is InChI=1S/C16H34N2.C7H18N/c1-5-6-7-8-9-17-10-13-18(14-11-17,15-12-17)16(2,3)4;1-7(2,3)8(4,5)6/h5-15H2,1-4H3;1-6H3/q+2;+1. The van der Waals surface area contributed by atoms with Crippen molar-refractivity contribution in [2.24, 2.45) is 0 Å². The van der Waals surface area contributed by atoms with Crippen molar-refractivity contribution in [2.75, 3.05) is 67.0 Å². The predicted molar refractivity (Wildman–Crippen MR) is 116 cm³/mol. The normalized spacial score (nSPS) is 29.3. The molecule has 0 N–H and O–H groups in total. The molecule has 0 radical (unpaired) electrons. The van der Waals surface area contributed by atoms with Crippen LogP contribution in [0.15, 0.2) is 0 Å². The summed E-state index contributed by atoms with van der Waals surface area (Å²) in [5, 5.41) is 0. The van der Waals surface area contributed by atoms with Gasteiger partial charge < -0.3 is 13.4 Å². The molecular weight excluding hydrogens is 318 g/mol. The number of unbranched alkanes of at least 4 members (excludes halogenated alkanes) is 3. The van der Waals surface area contributed by atoms with E-state index in [1.54, 1.807) is 0 Å². The van der Waals surface area contributed by atoms with Gasteiger partial charge in [0.25, 0.3) is 0 Å². The molecule has 0 atom stereocenters. The van der Waals surface area contributed by atoms with Gasteiger partial charge in [0.05, 0.1) is 38.8 Å². The third-order valence-electron chi connectivity index (χ3n) is 7.93. The molecule has 0 unspecified atom stereocenters. The minimum absolute atomic E-state index is 0.375. The van der Waals surface area contributed by atoms with Gasteiger partial charge in [0.1, 0.15) is 39.3 Å². The van der Waals surface area contributed by atoms with Gasteiger partial charge in [-0.2, -0.15) is 0 Å². The Bertz CT molecular complexity index is 384. The molecule has 3 fully saturated rings. The number of fused-ring (bicyclic) bond motifs is 3. The van der Waals surface area contributed by atoms with Gasteiger partial charge in [-0.05, 0) is 54.4 Å². The summed E-state index contributed by atoms with van der Waals surface area (Å²) in [5.74, 6) is 0. The van der Waals surface area contributed by atoms with Crippen molar-refractivity contribution in [1.82, 2.24) is 0 Å². The highest BCUT2D eigenvalue weighted by molar-refractivity contribution is 4.71. The SMILES string of the molecule is CC(C)(C)[N+](C)(C)C.CCCCCC[N+]12CC[N+](C(C)(C)C)(CC1)CC2. The molecule has 3 heterocycles. The van der Waals surface area contributed by atoms with E-state index in [9.17, 15) is 0 Å². The van der Waals surface area contributed by atoms with E-state index in [0.717, 1.165) is 4.48 Å². The average molecular weight is 371 g/mol. The van der Waals surface area contributed by atoms with E-state index in [4.69, 9.17) is 0 Å². The molecule has 3 heteroatoms. The van der Waals surface area contributed by atoms with Gasteiger partial charge in [-0.1, -0.05) is 19.8 Å². The van der Waals surface area contributed by atoms with Crippen LogP contribution in [0.2, 0.25) is 0 Å². The molecule has 0 aromatic heterocycles. The molecule has 0 saturated carbocycles. The second kappa shape index (κ2) is 8.49. The van der Waals surface area contributed by atoms with Crippen molar-refractivity contribution in [2.45, 2.75) is 85.2 Å². The molecule has 0 aromatic carbocycles. The van der Waals surface area contributed by atoms with Gasteiger partial charge >= 0.3 is 0 Å². The number of piperazine rings is 3. The summed E-state index contributed by atoms with van der Waals surface area (Å²) in [6.45, 7) is 26.5. The number of hydrogen-bond acceptors (Lipinski definition) is 0. The summed E-state index contributed by atoms with van der Waals surface area (Å²) in [4.78, 5) is 0. The zero-order valence-electron chi connectivity index (χ0n) is 20.1. The first-order valence-corrected chi connectivity index (χ1v) is 11.2. The van der Waals surface area contributed by atoms with Crippen LogP contribution in [0.5, 0.6) is 0 Å². The van der Waals surface area contributed by atoms with Crippen molar-refractivity contribution >= 4 is 0 Å². The van der Waals surface area contributed by atoms with Crippen LogP contribution in [-0.2, 0) is 0 Å². The maximum atomic E-state index is 2.44. The van der Waals surface area contributed by atoms with Gasteiger partial charge in [-0.25, -0.2) is 0 Å². The summed E-state index contributed by atoms with van der Waals surface area (Å²) in [7, 11) is 6.62. The van der Waals surface area contributed by atoms with Crippen LogP contribution in [-0.4, -0.2) is 91.5 Å². The largest absolute Gasteiger partial charge is 0.327 e. The fraction of sp³-hybridized carbons (Fsp3) is 1.00. The zero-order valence-corrected chi connectivity index (χ0v) is 20.1. The van der Waals surface area contributed by atoms with E-state index in [-0.39, 0.29) is 0 Å². The topological polar surface area (TPSA) is 0 Å². The van der Waals surface area contributed by atoms with Gasteiger partial charge in [0.15, 0.2) is 0 Å². The Morgan fingerprint density at radius 3 is 1.42 bits per heavy atom. The Balaban J connectivity index is 0.000000359. The first-order chi connectivity index (χ1) is 11.7. The Kier molecular flexibility index (Phi) is 7.81. The van der Waals surface area contributed by atoms with Crippen LogP contribution < -0.4 is 0 Å². The Hall–Kier alpha value is -0.120. The van der Waals surface area contributed by atoms with Gasteiger partial charge in [0.2, 0.25) is 0 Å². The molecule has 2 bridgehead atoms. The molecule has 0 spiro atoms. The van der Waals surface area contributed by atoms with E-state index in [1.165, 1.54) is 80.5 Å². The first-order valence-electron chi connectivity index (χ1n) is 11.2. The molecule has 3 saturated heterocycles. The van der Waals surface area contributed by atoms with E-state index >= 15 is 0 Å². The summed E-state index contributed by atoms with van der Waals surface area (Å²) < 4.78 is 3.87. The summed E-state index contributed by atoms with van der Waals surface area (Å²) in [6, 6.07) is 0. The Morgan fingerprint density at radius 1 is 0.692 bits per heavy atom. The van der Waals surface area contributed by atoms with Crippen LogP contribution in [0.25, 0.3) is 0 Å². The van der Waals surface area contributed by atoms with Crippen LogP contribution in [0.4, 0.5) is 0 Å². The van der Waals surface area contributed by atoms with Crippen LogP contribution >= 0.6 is 0 Å². The maximum Gasteiger partial charge on any atom is 0.129 e. The number of quaternary nitrogens is 3.